The Morgan fingerprint density at radius 3 is 2.41 bits per heavy atom. The van der Waals surface area contributed by atoms with E-state index in [0.29, 0.717) is 0 Å². The number of benzene rings is 3. The molecule has 0 aliphatic rings. The van der Waals surface area contributed by atoms with Crippen molar-refractivity contribution >= 4 is 23.4 Å². The molecule has 0 atom stereocenters. The summed E-state index contributed by atoms with van der Waals surface area (Å²) in [5.41, 5.74) is 4.39. The summed E-state index contributed by atoms with van der Waals surface area (Å²) in [6.45, 7) is 2.08. The van der Waals surface area contributed by atoms with E-state index in [1.54, 1.807) is 18.9 Å². The van der Waals surface area contributed by atoms with Crippen LogP contribution >= 0.6 is 23.4 Å². The lowest BCUT2D eigenvalue weighted by Gasteiger charge is -2.11. The van der Waals surface area contributed by atoms with E-state index in [4.69, 9.17) is 16.3 Å². The molecule has 0 amide bonds. The third-order valence-corrected chi connectivity index (χ3v) is 5.77. The molecule has 1 aromatic heterocycles. The van der Waals surface area contributed by atoms with Gasteiger partial charge in [-0.3, -0.25) is 4.57 Å². The normalized spacial score (nSPS) is 10.9. The number of thioether (sulfide) groups is 1. The summed E-state index contributed by atoms with van der Waals surface area (Å²) in [7, 11) is 1.67. The van der Waals surface area contributed by atoms with Gasteiger partial charge in [0.15, 0.2) is 11.0 Å². The van der Waals surface area contributed by atoms with Crippen molar-refractivity contribution in [2.45, 2.75) is 17.8 Å². The van der Waals surface area contributed by atoms with E-state index in [0.717, 1.165) is 38.8 Å². The zero-order chi connectivity index (χ0) is 20.2. The molecule has 0 saturated heterocycles. The van der Waals surface area contributed by atoms with Crippen LogP contribution in [0.5, 0.6) is 5.75 Å². The molecule has 0 radical (unpaired) electrons. The molecule has 0 unspecified atom stereocenters. The van der Waals surface area contributed by atoms with Crippen molar-refractivity contribution in [2.75, 3.05) is 7.11 Å². The fourth-order valence-electron chi connectivity index (χ4n) is 3.03. The molecule has 4 aromatic rings. The highest BCUT2D eigenvalue weighted by Gasteiger charge is 2.16. The van der Waals surface area contributed by atoms with Gasteiger partial charge in [0.05, 0.1) is 7.11 Å². The summed E-state index contributed by atoms with van der Waals surface area (Å²) in [5.74, 6) is 2.41. The topological polar surface area (TPSA) is 39.9 Å². The van der Waals surface area contributed by atoms with Crippen molar-refractivity contribution in [3.63, 3.8) is 0 Å². The predicted octanol–water partition coefficient (Wildman–Crippen LogP) is 6.20. The van der Waals surface area contributed by atoms with Gasteiger partial charge in [-0.25, -0.2) is 0 Å². The van der Waals surface area contributed by atoms with E-state index in [-0.39, 0.29) is 0 Å². The lowest BCUT2D eigenvalue weighted by Crippen LogP contribution is -2.00. The van der Waals surface area contributed by atoms with E-state index in [1.165, 1.54) is 11.1 Å². The van der Waals surface area contributed by atoms with Crippen LogP contribution in [-0.2, 0) is 5.75 Å². The second-order valence-electron chi connectivity index (χ2n) is 6.62. The molecular weight excluding hydrogens is 402 g/mol. The Labute approximate surface area is 179 Å². The maximum Gasteiger partial charge on any atom is 0.196 e. The summed E-state index contributed by atoms with van der Waals surface area (Å²) in [6.07, 6.45) is 0. The number of aromatic nitrogens is 3. The molecule has 146 valence electrons. The minimum atomic E-state index is 0.738. The number of methoxy groups -OCH3 is 1. The van der Waals surface area contributed by atoms with E-state index in [9.17, 15) is 0 Å². The summed E-state index contributed by atoms with van der Waals surface area (Å²) in [6, 6.07) is 24.1. The van der Waals surface area contributed by atoms with Gasteiger partial charge in [0.25, 0.3) is 0 Å². The molecule has 0 N–H and O–H groups in total. The zero-order valence-electron chi connectivity index (χ0n) is 16.2. The lowest BCUT2D eigenvalue weighted by atomic mass is 10.1. The number of hydrogen-bond acceptors (Lipinski definition) is 4. The Morgan fingerprint density at radius 2 is 1.72 bits per heavy atom. The van der Waals surface area contributed by atoms with Gasteiger partial charge >= 0.3 is 0 Å². The molecule has 29 heavy (non-hydrogen) atoms. The maximum atomic E-state index is 6.00. The fourth-order valence-corrected chi connectivity index (χ4v) is 4.06. The monoisotopic (exact) mass is 421 g/mol. The standard InChI is InChI=1S/C23H20ClN3OS/c1-16-4-3-5-18(14-16)22-25-26-23(29-15-17-6-8-19(24)9-7-17)27(22)20-10-12-21(28-2)13-11-20/h3-14H,15H2,1-2H3. The Kier molecular flexibility index (Phi) is 5.88. The second kappa shape index (κ2) is 8.72. The van der Waals surface area contributed by atoms with E-state index in [1.807, 2.05) is 54.6 Å². The van der Waals surface area contributed by atoms with Crippen molar-refractivity contribution < 1.29 is 4.74 Å². The zero-order valence-corrected chi connectivity index (χ0v) is 17.7. The minimum absolute atomic E-state index is 0.738. The smallest absolute Gasteiger partial charge is 0.196 e. The van der Waals surface area contributed by atoms with Crippen LogP contribution in [0.1, 0.15) is 11.1 Å². The van der Waals surface area contributed by atoms with Crippen LogP contribution in [-0.4, -0.2) is 21.9 Å². The number of nitrogens with zero attached hydrogens (tertiary/aromatic N) is 3. The van der Waals surface area contributed by atoms with Crippen LogP contribution in [0.25, 0.3) is 17.1 Å². The Balaban J connectivity index is 1.73. The van der Waals surface area contributed by atoms with Crippen molar-refractivity contribution in [1.82, 2.24) is 14.8 Å². The van der Waals surface area contributed by atoms with Gasteiger partial charge < -0.3 is 4.74 Å². The Morgan fingerprint density at radius 1 is 0.966 bits per heavy atom. The quantitative estimate of drug-likeness (QED) is 0.347. The average Bonchev–Trinajstić information content (AvgIpc) is 3.17. The van der Waals surface area contributed by atoms with Crippen LogP contribution in [0.15, 0.2) is 78.0 Å². The van der Waals surface area contributed by atoms with Crippen molar-refractivity contribution in [1.29, 1.82) is 0 Å². The molecule has 0 aliphatic heterocycles. The molecular formula is C23H20ClN3OS. The van der Waals surface area contributed by atoms with Crippen LogP contribution in [0.3, 0.4) is 0 Å². The molecule has 0 bridgehead atoms. The van der Waals surface area contributed by atoms with Gasteiger partial charge in [-0.15, -0.1) is 10.2 Å². The Hall–Kier alpha value is -2.76. The van der Waals surface area contributed by atoms with Crippen LogP contribution in [0.4, 0.5) is 0 Å². The molecule has 4 rings (SSSR count). The molecule has 1 heterocycles. The number of halogens is 1. The van der Waals surface area contributed by atoms with E-state index >= 15 is 0 Å². The van der Waals surface area contributed by atoms with Crippen molar-refractivity contribution in [3.8, 4) is 22.8 Å². The highest BCUT2D eigenvalue weighted by atomic mass is 35.5. The summed E-state index contributed by atoms with van der Waals surface area (Å²) < 4.78 is 7.40. The average molecular weight is 422 g/mol. The number of ether oxygens (including phenoxy) is 1. The van der Waals surface area contributed by atoms with Gasteiger partial charge in [0.1, 0.15) is 5.75 Å². The van der Waals surface area contributed by atoms with Gasteiger partial charge in [-0.2, -0.15) is 0 Å². The SMILES string of the molecule is COc1ccc(-n2c(SCc3ccc(Cl)cc3)nnc2-c2cccc(C)c2)cc1. The minimum Gasteiger partial charge on any atom is -0.497 e. The van der Waals surface area contributed by atoms with Gasteiger partial charge in [-0.1, -0.05) is 59.3 Å². The van der Waals surface area contributed by atoms with Gasteiger partial charge in [0.2, 0.25) is 0 Å². The third kappa shape index (κ3) is 4.47. The lowest BCUT2D eigenvalue weighted by molar-refractivity contribution is 0.414. The first kappa shape index (κ1) is 19.6. The molecule has 6 heteroatoms. The summed E-state index contributed by atoms with van der Waals surface area (Å²) in [5, 5.41) is 10.6. The number of aryl methyl sites for hydroxylation is 1. The van der Waals surface area contributed by atoms with Crippen LogP contribution in [0, 0.1) is 6.92 Å². The Bertz CT molecular complexity index is 1110. The molecule has 0 spiro atoms. The maximum absolute atomic E-state index is 6.00. The first-order valence-electron chi connectivity index (χ1n) is 9.18. The largest absolute Gasteiger partial charge is 0.497 e. The number of hydrogen-bond donors (Lipinski definition) is 0. The predicted molar refractivity (Wildman–Crippen MR) is 119 cm³/mol. The second-order valence-corrected chi connectivity index (χ2v) is 8.00. The van der Waals surface area contributed by atoms with E-state index < -0.39 is 0 Å². The highest BCUT2D eigenvalue weighted by molar-refractivity contribution is 7.98. The van der Waals surface area contributed by atoms with Crippen molar-refractivity contribution in [2.24, 2.45) is 0 Å². The highest BCUT2D eigenvalue weighted by Crippen LogP contribution is 2.31. The molecule has 0 fully saturated rings. The fraction of sp³-hybridized carbons (Fsp3) is 0.130. The van der Waals surface area contributed by atoms with Crippen LogP contribution < -0.4 is 4.74 Å². The van der Waals surface area contributed by atoms with Crippen LogP contribution in [0.2, 0.25) is 5.02 Å². The third-order valence-electron chi connectivity index (χ3n) is 4.52. The molecule has 0 saturated carbocycles. The first-order chi connectivity index (χ1) is 14.1. The summed E-state index contributed by atoms with van der Waals surface area (Å²) in [4.78, 5) is 0. The van der Waals surface area contributed by atoms with Gasteiger partial charge in [0, 0.05) is 22.0 Å². The van der Waals surface area contributed by atoms with Gasteiger partial charge in [-0.05, 0) is 55.0 Å². The number of rotatable bonds is 6. The first-order valence-corrected chi connectivity index (χ1v) is 10.5. The van der Waals surface area contributed by atoms with Crippen molar-refractivity contribution in [3.05, 3.63) is 88.9 Å². The summed E-state index contributed by atoms with van der Waals surface area (Å²) >= 11 is 7.64. The molecule has 4 nitrogen and oxygen atoms in total. The molecule has 3 aromatic carbocycles. The molecule has 0 aliphatic carbocycles. The van der Waals surface area contributed by atoms with E-state index in [2.05, 4.69) is 39.9 Å².